The lowest BCUT2D eigenvalue weighted by Crippen LogP contribution is -2.26. The highest BCUT2D eigenvalue weighted by atomic mass is 19.4. The van der Waals surface area contributed by atoms with E-state index in [1.807, 2.05) is 0 Å². The highest BCUT2D eigenvalue weighted by Crippen LogP contribution is 2.46. The predicted molar refractivity (Wildman–Crippen MR) is 122 cm³/mol. The van der Waals surface area contributed by atoms with E-state index in [0.717, 1.165) is 25.1 Å². The number of carbonyl (C=O) groups is 1. The van der Waals surface area contributed by atoms with Gasteiger partial charge in [0.25, 0.3) is 11.8 Å². The van der Waals surface area contributed by atoms with E-state index >= 15 is 0 Å². The minimum atomic E-state index is -4.89. The van der Waals surface area contributed by atoms with E-state index < -0.39 is 47.8 Å². The lowest BCUT2D eigenvalue weighted by atomic mass is 10.1. The fourth-order valence-corrected chi connectivity index (χ4v) is 4.16. The molecule has 37 heavy (non-hydrogen) atoms. The van der Waals surface area contributed by atoms with Gasteiger partial charge in [-0.05, 0) is 31.0 Å². The molecule has 1 aliphatic carbocycles. The first-order chi connectivity index (χ1) is 17.5. The zero-order chi connectivity index (χ0) is 26.4. The van der Waals surface area contributed by atoms with Gasteiger partial charge in [-0.1, -0.05) is 6.07 Å². The van der Waals surface area contributed by atoms with Crippen LogP contribution in [0.25, 0.3) is 11.3 Å². The van der Waals surface area contributed by atoms with Gasteiger partial charge in [0.05, 0.1) is 54.0 Å². The molecule has 0 radical (unpaired) electrons. The molecule has 8 nitrogen and oxygen atoms in total. The third-order valence-electron chi connectivity index (χ3n) is 6.39. The van der Waals surface area contributed by atoms with Crippen LogP contribution in [0.5, 0.6) is 0 Å². The molecule has 0 unspecified atom stereocenters. The molecule has 4 heterocycles. The Labute approximate surface area is 207 Å². The Morgan fingerprint density at radius 2 is 1.97 bits per heavy atom. The van der Waals surface area contributed by atoms with Crippen LogP contribution in [0, 0.1) is 16.7 Å². The molecule has 0 bridgehead atoms. The summed E-state index contributed by atoms with van der Waals surface area (Å²) in [6, 6.07) is 7.76. The van der Waals surface area contributed by atoms with Crippen molar-refractivity contribution in [2.45, 2.75) is 37.9 Å². The number of aromatic nitrogens is 4. The molecule has 0 aromatic carbocycles. The third-order valence-corrected chi connectivity index (χ3v) is 6.39. The van der Waals surface area contributed by atoms with Crippen LogP contribution in [-0.4, -0.2) is 44.7 Å². The van der Waals surface area contributed by atoms with Crippen molar-refractivity contribution in [3.05, 3.63) is 54.2 Å². The van der Waals surface area contributed by atoms with E-state index in [-0.39, 0.29) is 17.9 Å². The van der Waals surface area contributed by atoms with Crippen molar-refractivity contribution in [2.75, 3.05) is 23.3 Å². The summed E-state index contributed by atoms with van der Waals surface area (Å²) in [6.45, 7) is -0.281. The number of nitrogens with zero attached hydrogens (tertiary/aromatic N) is 6. The number of nitriles is 1. The van der Waals surface area contributed by atoms with Crippen molar-refractivity contribution in [3.8, 4) is 17.3 Å². The quantitative estimate of drug-likeness (QED) is 0.474. The lowest BCUT2D eigenvalue weighted by molar-refractivity contribution is -0.140. The van der Waals surface area contributed by atoms with Crippen molar-refractivity contribution in [1.29, 1.82) is 5.26 Å². The van der Waals surface area contributed by atoms with Crippen LogP contribution in [0.15, 0.2) is 42.9 Å². The van der Waals surface area contributed by atoms with Crippen LogP contribution >= 0.6 is 0 Å². The van der Waals surface area contributed by atoms with Gasteiger partial charge in [0.15, 0.2) is 5.69 Å². The molecular formula is C24H20F5N7O. The van der Waals surface area contributed by atoms with Crippen LogP contribution in [0.1, 0.15) is 35.4 Å². The number of carbonyl (C=O) groups excluding carboxylic acids is 1. The number of alkyl halides is 5. The molecular weight excluding hydrogens is 497 g/mol. The fraction of sp³-hybridized carbons (Fsp3) is 0.375. The topological polar surface area (TPSA) is 99.7 Å². The van der Waals surface area contributed by atoms with E-state index in [9.17, 15) is 32.0 Å². The first-order valence-electron chi connectivity index (χ1n) is 11.4. The minimum Gasteiger partial charge on any atom is -0.364 e. The van der Waals surface area contributed by atoms with Crippen molar-refractivity contribution >= 4 is 17.3 Å². The van der Waals surface area contributed by atoms with Crippen molar-refractivity contribution in [2.24, 2.45) is 5.41 Å². The molecule has 1 N–H and O–H groups in total. The molecule has 3 aromatic heterocycles. The zero-order valence-corrected chi connectivity index (χ0v) is 19.3. The Morgan fingerprint density at radius 3 is 2.62 bits per heavy atom. The normalized spacial score (nSPS) is 17.9. The maximum Gasteiger partial charge on any atom is 0.435 e. The summed E-state index contributed by atoms with van der Waals surface area (Å²) in [4.78, 5) is 21.8. The van der Waals surface area contributed by atoms with E-state index in [0.29, 0.717) is 17.8 Å². The lowest BCUT2D eigenvalue weighted by Gasteiger charge is -2.20. The second-order valence-corrected chi connectivity index (χ2v) is 9.30. The predicted octanol–water partition coefficient (Wildman–Crippen LogP) is 4.76. The number of anilines is 2. The van der Waals surface area contributed by atoms with E-state index in [1.54, 1.807) is 16.9 Å². The number of halogens is 5. The third kappa shape index (κ3) is 5.23. The second kappa shape index (κ2) is 8.79. The highest BCUT2D eigenvalue weighted by molar-refractivity contribution is 6.03. The smallest absolute Gasteiger partial charge is 0.364 e. The average Bonchev–Trinajstić information content (AvgIpc) is 3.29. The van der Waals surface area contributed by atoms with Crippen LogP contribution in [0.4, 0.5) is 33.3 Å². The van der Waals surface area contributed by atoms with Gasteiger partial charge < -0.3 is 10.2 Å². The molecule has 1 aliphatic heterocycles. The van der Waals surface area contributed by atoms with Crippen molar-refractivity contribution < 1.29 is 26.7 Å². The van der Waals surface area contributed by atoms with Crippen molar-refractivity contribution in [3.63, 3.8) is 0 Å². The molecule has 13 heteroatoms. The minimum absolute atomic E-state index is 0.0420. The summed E-state index contributed by atoms with van der Waals surface area (Å²) in [5, 5.41) is 15.7. The average molecular weight is 517 g/mol. The summed E-state index contributed by atoms with van der Waals surface area (Å²) < 4.78 is 69.6. The molecule has 5 rings (SSSR count). The van der Waals surface area contributed by atoms with E-state index in [1.165, 1.54) is 23.2 Å². The van der Waals surface area contributed by atoms with Crippen molar-refractivity contribution in [1.82, 2.24) is 19.7 Å². The van der Waals surface area contributed by atoms with E-state index in [4.69, 9.17) is 0 Å². The number of rotatable bonds is 6. The monoisotopic (exact) mass is 517 g/mol. The van der Waals surface area contributed by atoms with Gasteiger partial charge in [-0.25, -0.2) is 18.7 Å². The number of hydrogen-bond donors (Lipinski definition) is 1. The largest absolute Gasteiger partial charge is 0.435 e. The highest BCUT2D eigenvalue weighted by Gasteiger charge is 2.44. The number of amides is 1. The summed E-state index contributed by atoms with van der Waals surface area (Å²) >= 11 is 0. The Hall–Kier alpha value is -4.08. The van der Waals surface area contributed by atoms with Gasteiger partial charge in [0.2, 0.25) is 0 Å². The van der Waals surface area contributed by atoms with Gasteiger partial charge in [-0.2, -0.15) is 23.5 Å². The Kier molecular flexibility index (Phi) is 5.85. The Bertz CT molecular complexity index is 1390. The van der Waals surface area contributed by atoms with E-state index in [2.05, 4.69) is 26.5 Å². The Morgan fingerprint density at radius 1 is 1.19 bits per heavy atom. The summed E-state index contributed by atoms with van der Waals surface area (Å²) in [7, 11) is 0. The second-order valence-electron chi connectivity index (χ2n) is 9.30. The van der Waals surface area contributed by atoms with Crippen LogP contribution < -0.4 is 10.2 Å². The molecule has 2 fully saturated rings. The molecule has 3 aromatic rings. The number of hydrogen-bond acceptors (Lipinski definition) is 6. The standard InChI is InChI=1S/C24H20F5N7O/c25-23(26)6-7-35(14-23)16-8-19(20(31-10-16)24(27,28)29)34-21(37)18-3-1-2-17(33-18)15-9-32-36(11-15)13-22(12-30)4-5-22/h1-3,8-11H,4-7,13-14H2,(H,34,37). The molecule has 192 valence electrons. The fourth-order valence-electron chi connectivity index (χ4n) is 4.16. The molecule has 1 saturated heterocycles. The molecule has 2 aliphatic rings. The number of pyridine rings is 2. The molecule has 1 amide bonds. The number of nitrogens with one attached hydrogen (secondary N) is 1. The van der Waals surface area contributed by atoms with Gasteiger partial charge >= 0.3 is 6.18 Å². The van der Waals surface area contributed by atoms with Crippen LogP contribution in [0.2, 0.25) is 0 Å². The molecule has 0 spiro atoms. The summed E-state index contributed by atoms with van der Waals surface area (Å²) in [5.41, 5.74) is -1.60. The van der Waals surface area contributed by atoms with Gasteiger partial charge in [0, 0.05) is 24.7 Å². The van der Waals surface area contributed by atoms with Gasteiger partial charge in [0.1, 0.15) is 5.69 Å². The SMILES string of the molecule is N#CC1(Cn2cc(-c3cccc(C(=O)Nc4cc(N5CCC(F)(F)C5)cnc4C(F)(F)F)n3)cn2)CC1. The summed E-state index contributed by atoms with van der Waals surface area (Å²) in [6.07, 6.45) is 0.351. The summed E-state index contributed by atoms with van der Waals surface area (Å²) in [5.74, 6) is -3.88. The zero-order valence-electron chi connectivity index (χ0n) is 19.3. The van der Waals surface area contributed by atoms with Gasteiger partial charge in [-0.15, -0.1) is 0 Å². The maximum absolute atomic E-state index is 13.6. The Balaban J connectivity index is 1.38. The maximum atomic E-state index is 13.6. The molecule has 0 atom stereocenters. The first-order valence-corrected chi connectivity index (χ1v) is 11.4. The van der Waals surface area contributed by atoms with Crippen LogP contribution in [0.3, 0.4) is 0 Å². The molecule has 1 saturated carbocycles. The van der Waals surface area contributed by atoms with Gasteiger partial charge in [-0.3, -0.25) is 9.48 Å². The van der Waals surface area contributed by atoms with Crippen LogP contribution in [-0.2, 0) is 12.7 Å². The first kappa shape index (κ1) is 24.6.